The molecule has 2 unspecified atom stereocenters. The smallest absolute Gasteiger partial charge is 0.218 e. The molecule has 2 atom stereocenters. The van der Waals surface area contributed by atoms with E-state index in [4.69, 9.17) is 0 Å². The van der Waals surface area contributed by atoms with Crippen molar-refractivity contribution in [1.29, 1.82) is 0 Å². The van der Waals surface area contributed by atoms with E-state index in [0.717, 1.165) is 25.1 Å². The van der Waals surface area contributed by atoms with Crippen LogP contribution in [0.25, 0.3) is 0 Å². The van der Waals surface area contributed by atoms with Gasteiger partial charge in [-0.15, -0.1) is 0 Å². The molecule has 0 saturated carbocycles. The Kier molecular flexibility index (Phi) is 5.56. The second-order valence-corrected chi connectivity index (χ2v) is 7.52. The lowest BCUT2D eigenvalue weighted by atomic mass is 10.2. The highest BCUT2D eigenvalue weighted by Gasteiger charge is 2.32. The summed E-state index contributed by atoms with van der Waals surface area (Å²) in [6.45, 7) is 3.50. The highest BCUT2D eigenvalue weighted by Crippen LogP contribution is 2.18. The Morgan fingerprint density at radius 1 is 1.56 bits per heavy atom. The zero-order valence-corrected chi connectivity index (χ0v) is 11.9. The summed E-state index contributed by atoms with van der Waals surface area (Å²) in [6.07, 6.45) is 3.74. The summed E-state index contributed by atoms with van der Waals surface area (Å²) < 4.78 is 26.1. The summed E-state index contributed by atoms with van der Waals surface area (Å²) in [6, 6.07) is 0.0712. The minimum absolute atomic E-state index is 0.0712. The third-order valence-corrected chi connectivity index (χ3v) is 6.33. The van der Waals surface area contributed by atoms with E-state index in [1.54, 1.807) is 23.1 Å². The van der Waals surface area contributed by atoms with Crippen molar-refractivity contribution in [2.45, 2.75) is 31.1 Å². The van der Waals surface area contributed by atoms with Gasteiger partial charge in [-0.25, -0.2) is 12.7 Å². The van der Waals surface area contributed by atoms with Gasteiger partial charge >= 0.3 is 0 Å². The van der Waals surface area contributed by atoms with Crippen molar-refractivity contribution in [3.8, 4) is 0 Å². The Labute approximate surface area is 103 Å². The van der Waals surface area contributed by atoms with Gasteiger partial charge in [0, 0.05) is 25.4 Å². The molecule has 0 aromatic heterocycles. The van der Waals surface area contributed by atoms with Crippen molar-refractivity contribution in [2.24, 2.45) is 0 Å². The molecule has 0 aromatic carbocycles. The molecule has 1 saturated heterocycles. The van der Waals surface area contributed by atoms with Crippen LogP contribution in [0.1, 0.15) is 19.8 Å². The first kappa shape index (κ1) is 14.3. The summed E-state index contributed by atoms with van der Waals surface area (Å²) in [5, 5.41) is 2.92. The second kappa shape index (κ2) is 6.23. The molecule has 0 spiro atoms. The quantitative estimate of drug-likeness (QED) is 0.798. The van der Waals surface area contributed by atoms with Gasteiger partial charge in [-0.2, -0.15) is 11.8 Å². The number of hydrogen-bond donors (Lipinski definition) is 1. The average Bonchev–Trinajstić information content (AvgIpc) is 2.29. The van der Waals surface area contributed by atoms with E-state index in [1.807, 2.05) is 13.2 Å². The maximum Gasteiger partial charge on any atom is 0.218 e. The van der Waals surface area contributed by atoms with Crippen LogP contribution in [0, 0.1) is 0 Å². The Morgan fingerprint density at radius 2 is 2.25 bits per heavy atom. The van der Waals surface area contributed by atoms with Crippen LogP contribution in [-0.4, -0.2) is 56.2 Å². The molecule has 1 aliphatic heterocycles. The van der Waals surface area contributed by atoms with E-state index in [0.29, 0.717) is 6.54 Å². The van der Waals surface area contributed by atoms with E-state index in [9.17, 15) is 8.42 Å². The van der Waals surface area contributed by atoms with E-state index in [1.165, 1.54) is 0 Å². The molecule has 1 N–H and O–H groups in total. The fraction of sp³-hybridized carbons (Fsp3) is 1.00. The van der Waals surface area contributed by atoms with Crippen LogP contribution >= 0.6 is 11.8 Å². The molecular formula is C10H22N2O2S2. The summed E-state index contributed by atoms with van der Waals surface area (Å²) in [7, 11) is -1.43. The van der Waals surface area contributed by atoms with Crippen molar-refractivity contribution >= 4 is 21.8 Å². The fourth-order valence-corrected chi connectivity index (χ4v) is 4.55. The zero-order chi connectivity index (χ0) is 12.2. The Morgan fingerprint density at radius 3 is 2.75 bits per heavy atom. The second-order valence-electron chi connectivity index (χ2n) is 4.33. The largest absolute Gasteiger partial charge is 0.315 e. The van der Waals surface area contributed by atoms with Crippen LogP contribution in [-0.2, 0) is 10.0 Å². The molecule has 0 amide bonds. The maximum absolute atomic E-state index is 12.3. The third kappa shape index (κ3) is 3.35. The fourth-order valence-electron chi connectivity index (χ4n) is 1.91. The minimum Gasteiger partial charge on any atom is -0.315 e. The molecule has 1 rings (SSSR count). The van der Waals surface area contributed by atoms with Crippen molar-refractivity contribution in [3.05, 3.63) is 0 Å². The minimum atomic E-state index is -3.13. The molecule has 0 radical (unpaired) electrons. The number of nitrogens with zero attached hydrogens (tertiary/aromatic N) is 1. The van der Waals surface area contributed by atoms with Gasteiger partial charge in [0.15, 0.2) is 0 Å². The van der Waals surface area contributed by atoms with Crippen LogP contribution in [0.3, 0.4) is 0 Å². The van der Waals surface area contributed by atoms with E-state index in [2.05, 4.69) is 5.32 Å². The Balaban J connectivity index is 2.67. The number of piperidine rings is 1. The van der Waals surface area contributed by atoms with Crippen molar-refractivity contribution in [1.82, 2.24) is 9.62 Å². The SMILES string of the molecule is CSCC(C)N(C)S(=O)(=O)C1CCCNC1. The van der Waals surface area contributed by atoms with Gasteiger partial charge in [-0.3, -0.25) is 0 Å². The summed E-state index contributed by atoms with van der Waals surface area (Å²) in [5.41, 5.74) is 0. The van der Waals surface area contributed by atoms with Crippen molar-refractivity contribution in [3.63, 3.8) is 0 Å². The van der Waals surface area contributed by atoms with Crippen LogP contribution in [0.2, 0.25) is 0 Å². The topological polar surface area (TPSA) is 49.4 Å². The van der Waals surface area contributed by atoms with Gasteiger partial charge < -0.3 is 5.32 Å². The average molecular weight is 266 g/mol. The van der Waals surface area contributed by atoms with Crippen LogP contribution in [0.5, 0.6) is 0 Å². The van der Waals surface area contributed by atoms with Crippen LogP contribution < -0.4 is 5.32 Å². The Bertz CT molecular complexity index is 300. The normalized spacial score (nSPS) is 24.6. The van der Waals surface area contributed by atoms with Gasteiger partial charge in [0.2, 0.25) is 10.0 Å². The van der Waals surface area contributed by atoms with Gasteiger partial charge in [-0.05, 0) is 32.6 Å². The molecule has 6 heteroatoms. The monoisotopic (exact) mass is 266 g/mol. The van der Waals surface area contributed by atoms with Gasteiger partial charge in [0.1, 0.15) is 0 Å². The lowest BCUT2D eigenvalue weighted by Crippen LogP contribution is -2.48. The van der Waals surface area contributed by atoms with Crippen LogP contribution in [0.15, 0.2) is 0 Å². The lowest BCUT2D eigenvalue weighted by molar-refractivity contribution is 0.393. The van der Waals surface area contributed by atoms with Gasteiger partial charge in [0.05, 0.1) is 5.25 Å². The third-order valence-electron chi connectivity index (χ3n) is 3.10. The highest BCUT2D eigenvalue weighted by molar-refractivity contribution is 7.98. The first-order valence-corrected chi connectivity index (χ1v) is 8.56. The highest BCUT2D eigenvalue weighted by atomic mass is 32.2. The first-order valence-electron chi connectivity index (χ1n) is 5.66. The molecule has 0 bridgehead atoms. The van der Waals surface area contributed by atoms with Crippen molar-refractivity contribution < 1.29 is 8.42 Å². The maximum atomic E-state index is 12.3. The van der Waals surface area contributed by atoms with Crippen molar-refractivity contribution in [2.75, 3.05) is 32.1 Å². The molecule has 0 aliphatic carbocycles. The van der Waals surface area contributed by atoms with E-state index in [-0.39, 0.29) is 11.3 Å². The molecule has 0 aromatic rings. The molecule has 1 fully saturated rings. The molecular weight excluding hydrogens is 244 g/mol. The van der Waals surface area contributed by atoms with E-state index < -0.39 is 10.0 Å². The standard InChI is InChI=1S/C10H22N2O2S2/c1-9(8-15-3)12(2)16(13,14)10-5-4-6-11-7-10/h9-11H,4-8H2,1-3H3. The molecule has 16 heavy (non-hydrogen) atoms. The molecule has 1 aliphatic rings. The van der Waals surface area contributed by atoms with Gasteiger partial charge in [0.25, 0.3) is 0 Å². The Hall–Kier alpha value is 0.220. The summed E-state index contributed by atoms with van der Waals surface area (Å²) in [5.74, 6) is 0.843. The summed E-state index contributed by atoms with van der Waals surface area (Å²) >= 11 is 1.68. The summed E-state index contributed by atoms with van der Waals surface area (Å²) in [4.78, 5) is 0. The molecule has 96 valence electrons. The van der Waals surface area contributed by atoms with E-state index >= 15 is 0 Å². The number of sulfonamides is 1. The predicted molar refractivity (Wildman–Crippen MR) is 70.4 cm³/mol. The number of thioether (sulfide) groups is 1. The molecule has 1 heterocycles. The lowest BCUT2D eigenvalue weighted by Gasteiger charge is -2.30. The van der Waals surface area contributed by atoms with Crippen LogP contribution in [0.4, 0.5) is 0 Å². The van der Waals surface area contributed by atoms with Gasteiger partial charge in [-0.1, -0.05) is 0 Å². The number of hydrogen-bond acceptors (Lipinski definition) is 4. The predicted octanol–water partition coefficient (Wildman–Crippen LogP) is 0.752. The number of rotatable bonds is 5. The molecule has 4 nitrogen and oxygen atoms in total. The zero-order valence-electron chi connectivity index (χ0n) is 10.3. The number of nitrogens with one attached hydrogen (secondary N) is 1. The first-order chi connectivity index (χ1) is 7.50.